The van der Waals surface area contributed by atoms with Crippen molar-refractivity contribution in [2.45, 2.75) is 26.4 Å². The van der Waals surface area contributed by atoms with Crippen LogP contribution in [-0.4, -0.2) is 0 Å². The molecule has 7 heteroatoms. The van der Waals surface area contributed by atoms with Crippen LogP contribution in [0.5, 0.6) is 0 Å². The number of benzene rings is 4. The van der Waals surface area contributed by atoms with Crippen molar-refractivity contribution in [2.24, 2.45) is 0 Å². The lowest BCUT2D eigenvalue weighted by Gasteiger charge is -2.22. The highest BCUT2D eigenvalue weighted by molar-refractivity contribution is 7.55. The second-order valence-electron chi connectivity index (χ2n) is 7.57. The van der Waals surface area contributed by atoms with Gasteiger partial charge < -0.3 is 18.1 Å². The average molecular weight is 506 g/mol. The zero-order chi connectivity index (χ0) is 24.0. The molecule has 0 atom stereocenters. The maximum absolute atomic E-state index is 6.18. The minimum absolute atomic E-state index is 0.363. The maximum atomic E-state index is 6.18. The molecular formula is C28H28O5P2. The van der Waals surface area contributed by atoms with Crippen molar-refractivity contribution < 1.29 is 22.4 Å². The van der Waals surface area contributed by atoms with Gasteiger partial charge in [-0.05, 0) is 22.3 Å². The first kappa shape index (κ1) is 25.6. The van der Waals surface area contributed by atoms with Crippen LogP contribution < -0.4 is 0 Å². The van der Waals surface area contributed by atoms with E-state index in [1.165, 1.54) is 0 Å². The van der Waals surface area contributed by atoms with Crippen molar-refractivity contribution >= 4 is 17.2 Å². The van der Waals surface area contributed by atoms with E-state index in [-0.39, 0.29) is 0 Å². The van der Waals surface area contributed by atoms with Crippen molar-refractivity contribution in [2.75, 3.05) is 0 Å². The Bertz CT molecular complexity index is 909. The Morgan fingerprint density at radius 1 is 0.343 bits per heavy atom. The van der Waals surface area contributed by atoms with Gasteiger partial charge in [-0.3, -0.25) is 0 Å². The molecule has 0 unspecified atom stereocenters. The highest BCUT2D eigenvalue weighted by Crippen LogP contribution is 2.57. The third kappa shape index (κ3) is 9.60. The Kier molecular flexibility index (Phi) is 10.9. The molecular weight excluding hydrogens is 478 g/mol. The van der Waals surface area contributed by atoms with Gasteiger partial charge in [0, 0.05) is 0 Å². The first-order chi connectivity index (χ1) is 17.3. The van der Waals surface area contributed by atoms with Crippen LogP contribution in [0.2, 0.25) is 0 Å². The first-order valence-corrected chi connectivity index (χ1v) is 13.5. The number of hydrogen-bond donors (Lipinski definition) is 0. The molecule has 0 saturated heterocycles. The summed E-state index contributed by atoms with van der Waals surface area (Å²) in [7, 11) is -3.46. The van der Waals surface area contributed by atoms with Gasteiger partial charge in [-0.2, -0.15) is 0 Å². The molecule has 35 heavy (non-hydrogen) atoms. The number of rotatable bonds is 14. The Hall–Kier alpha value is -2.46. The van der Waals surface area contributed by atoms with Gasteiger partial charge in [-0.1, -0.05) is 121 Å². The van der Waals surface area contributed by atoms with Crippen LogP contribution in [0.4, 0.5) is 0 Å². The fraction of sp³-hybridized carbons (Fsp3) is 0.143. The first-order valence-electron chi connectivity index (χ1n) is 11.3. The molecule has 0 radical (unpaired) electrons. The summed E-state index contributed by atoms with van der Waals surface area (Å²) in [6.45, 7) is 1.45. The summed E-state index contributed by atoms with van der Waals surface area (Å²) in [5.74, 6) is 0. The summed E-state index contributed by atoms with van der Waals surface area (Å²) in [6, 6.07) is 39.8. The summed E-state index contributed by atoms with van der Waals surface area (Å²) in [5, 5.41) is 0. The van der Waals surface area contributed by atoms with Crippen LogP contribution in [0, 0.1) is 0 Å². The van der Waals surface area contributed by atoms with Crippen LogP contribution in [0.3, 0.4) is 0 Å². The van der Waals surface area contributed by atoms with Gasteiger partial charge in [-0.15, -0.1) is 0 Å². The fourth-order valence-electron chi connectivity index (χ4n) is 3.03. The third-order valence-corrected chi connectivity index (χ3v) is 7.28. The molecule has 0 fully saturated rings. The van der Waals surface area contributed by atoms with Gasteiger partial charge in [0.05, 0.1) is 26.4 Å². The van der Waals surface area contributed by atoms with E-state index in [0.29, 0.717) is 26.4 Å². The molecule has 0 amide bonds. The van der Waals surface area contributed by atoms with Crippen molar-refractivity contribution in [3.8, 4) is 0 Å². The normalized spacial score (nSPS) is 11.3. The molecule has 0 aliphatic heterocycles. The van der Waals surface area contributed by atoms with E-state index in [2.05, 4.69) is 0 Å². The van der Waals surface area contributed by atoms with Gasteiger partial charge in [0.1, 0.15) is 0 Å². The Balaban J connectivity index is 1.42. The smallest absolute Gasteiger partial charge is 0.307 e. The molecule has 0 N–H and O–H groups in total. The van der Waals surface area contributed by atoms with Crippen molar-refractivity contribution in [1.29, 1.82) is 0 Å². The predicted octanol–water partition coefficient (Wildman–Crippen LogP) is 8.32. The highest BCUT2D eigenvalue weighted by Gasteiger charge is 2.24. The summed E-state index contributed by atoms with van der Waals surface area (Å²) in [4.78, 5) is 0. The van der Waals surface area contributed by atoms with Crippen LogP contribution in [0.15, 0.2) is 121 Å². The second-order valence-corrected chi connectivity index (χ2v) is 10.1. The van der Waals surface area contributed by atoms with Crippen LogP contribution >= 0.6 is 17.2 Å². The summed E-state index contributed by atoms with van der Waals surface area (Å²) in [5.41, 5.74) is 4.14. The van der Waals surface area contributed by atoms with Crippen molar-refractivity contribution in [1.82, 2.24) is 0 Å². The third-order valence-electron chi connectivity index (χ3n) is 4.85. The van der Waals surface area contributed by atoms with Gasteiger partial charge in [0.2, 0.25) is 0 Å². The average Bonchev–Trinajstić information content (AvgIpc) is 2.93. The van der Waals surface area contributed by atoms with E-state index in [0.717, 1.165) is 22.3 Å². The van der Waals surface area contributed by atoms with Gasteiger partial charge in [-0.25, -0.2) is 4.31 Å². The molecule has 0 aliphatic carbocycles. The molecule has 0 heterocycles. The monoisotopic (exact) mass is 506 g/mol. The minimum atomic E-state index is -1.73. The van der Waals surface area contributed by atoms with E-state index in [9.17, 15) is 0 Å². The topological polar surface area (TPSA) is 46.2 Å². The molecule has 0 spiro atoms. The molecule has 4 aromatic rings. The predicted molar refractivity (Wildman–Crippen MR) is 140 cm³/mol. The second kappa shape index (κ2) is 14.8. The fourth-order valence-corrected chi connectivity index (χ4v) is 5.39. The molecule has 5 nitrogen and oxygen atoms in total. The van der Waals surface area contributed by atoms with Crippen molar-refractivity contribution in [3.05, 3.63) is 144 Å². The zero-order valence-corrected chi connectivity index (χ0v) is 21.1. The standard InChI is InChI=1S/C28H28O5P2/c1-5-13-25(14-6-1)21-29-34(30-22-26-15-7-2-8-16-26)33-35(31-23-27-17-9-3-10-18-27)32-24-28-19-11-4-12-20-28/h1-20H,21-24H2. The zero-order valence-electron chi connectivity index (χ0n) is 19.3. The minimum Gasteiger partial charge on any atom is -0.307 e. The molecule has 4 rings (SSSR count). The lowest BCUT2D eigenvalue weighted by atomic mass is 10.2. The highest BCUT2D eigenvalue weighted by atomic mass is 31.2. The van der Waals surface area contributed by atoms with E-state index in [4.69, 9.17) is 22.4 Å². The van der Waals surface area contributed by atoms with E-state index < -0.39 is 17.2 Å². The molecule has 0 bridgehead atoms. The molecule has 0 aromatic heterocycles. The van der Waals surface area contributed by atoms with Crippen molar-refractivity contribution in [3.63, 3.8) is 0 Å². The van der Waals surface area contributed by atoms with E-state index in [1.54, 1.807) is 0 Å². The van der Waals surface area contributed by atoms with Gasteiger partial charge >= 0.3 is 17.2 Å². The Labute approximate surface area is 209 Å². The van der Waals surface area contributed by atoms with Crippen LogP contribution in [-0.2, 0) is 48.8 Å². The SMILES string of the molecule is c1ccc(COP(OCc2ccccc2)OP(OCc2ccccc2)OCc2ccccc2)cc1. The summed E-state index contributed by atoms with van der Waals surface area (Å²) in [6.07, 6.45) is 0. The Morgan fingerprint density at radius 2 is 0.571 bits per heavy atom. The van der Waals surface area contributed by atoms with Gasteiger partial charge in [0.25, 0.3) is 0 Å². The van der Waals surface area contributed by atoms with Crippen LogP contribution in [0.1, 0.15) is 22.3 Å². The quantitative estimate of drug-likeness (QED) is 0.161. The lowest BCUT2D eigenvalue weighted by molar-refractivity contribution is 0.153. The molecule has 180 valence electrons. The van der Waals surface area contributed by atoms with E-state index in [1.807, 2.05) is 121 Å². The summed E-state index contributed by atoms with van der Waals surface area (Å²) >= 11 is 0. The lowest BCUT2D eigenvalue weighted by Crippen LogP contribution is -1.99. The molecule has 0 saturated carbocycles. The van der Waals surface area contributed by atoms with Gasteiger partial charge in [0.15, 0.2) is 0 Å². The van der Waals surface area contributed by atoms with Crippen LogP contribution in [0.25, 0.3) is 0 Å². The summed E-state index contributed by atoms with van der Waals surface area (Å²) < 4.78 is 30.4. The number of hydrogen-bond acceptors (Lipinski definition) is 5. The van der Waals surface area contributed by atoms with E-state index >= 15 is 0 Å². The molecule has 4 aromatic carbocycles. The largest absolute Gasteiger partial charge is 0.340 e. The maximum Gasteiger partial charge on any atom is 0.340 e. The molecule has 0 aliphatic rings. The Morgan fingerprint density at radius 3 is 0.800 bits per heavy atom.